The molecule has 138 valence electrons. The van der Waals surface area contributed by atoms with Gasteiger partial charge in [0, 0.05) is 28.5 Å². The fourth-order valence-corrected chi connectivity index (χ4v) is 4.71. The molecule has 0 bridgehead atoms. The van der Waals surface area contributed by atoms with E-state index in [0.717, 1.165) is 27.7 Å². The van der Waals surface area contributed by atoms with E-state index in [1.165, 1.54) is 11.1 Å². The highest BCUT2D eigenvalue weighted by Gasteiger charge is 2.32. The molecular formula is C20H22Br2N2O2. The topological polar surface area (TPSA) is 41.6 Å². The molecule has 0 spiro atoms. The average Bonchev–Trinajstić information content (AvgIpc) is 2.56. The molecule has 26 heavy (non-hydrogen) atoms. The monoisotopic (exact) mass is 480 g/mol. The highest BCUT2D eigenvalue weighted by molar-refractivity contribution is 9.11. The van der Waals surface area contributed by atoms with Gasteiger partial charge in [0.1, 0.15) is 5.75 Å². The van der Waals surface area contributed by atoms with E-state index >= 15 is 0 Å². The number of hydrogen-bond acceptors (Lipinski definition) is 3. The van der Waals surface area contributed by atoms with Crippen LogP contribution in [0.15, 0.2) is 39.3 Å². The molecule has 1 N–H and O–H groups in total. The summed E-state index contributed by atoms with van der Waals surface area (Å²) >= 11 is 7.14. The summed E-state index contributed by atoms with van der Waals surface area (Å²) in [4.78, 5) is 15.0. The van der Waals surface area contributed by atoms with Gasteiger partial charge in [-0.2, -0.15) is 0 Å². The molecule has 0 aliphatic carbocycles. The SMILES string of the molecule is COc1ccc(C(=O)Nc2ccc3c(c2Br)CN(C)CC3(C)C)cc1Br. The largest absolute Gasteiger partial charge is 0.496 e. The van der Waals surface area contributed by atoms with E-state index in [4.69, 9.17) is 4.74 Å². The molecule has 3 rings (SSSR count). The Kier molecular flexibility index (Phi) is 5.47. The summed E-state index contributed by atoms with van der Waals surface area (Å²) in [5, 5.41) is 3.02. The van der Waals surface area contributed by atoms with Gasteiger partial charge in [0.2, 0.25) is 0 Å². The first-order valence-corrected chi connectivity index (χ1v) is 9.97. The predicted octanol–water partition coefficient (Wildman–Crippen LogP) is 5.20. The number of halogens is 2. The molecular weight excluding hydrogens is 460 g/mol. The molecule has 1 amide bonds. The number of carbonyl (C=O) groups excluding carboxylic acids is 1. The number of likely N-dealkylation sites (N-methyl/N-ethyl adjacent to an activating group) is 1. The van der Waals surface area contributed by atoms with Gasteiger partial charge >= 0.3 is 0 Å². The number of amides is 1. The summed E-state index contributed by atoms with van der Waals surface area (Å²) < 4.78 is 6.92. The van der Waals surface area contributed by atoms with Crippen molar-refractivity contribution in [2.75, 3.05) is 26.0 Å². The van der Waals surface area contributed by atoms with Crippen molar-refractivity contribution in [2.45, 2.75) is 25.8 Å². The second-order valence-corrected chi connectivity index (χ2v) is 8.96. The van der Waals surface area contributed by atoms with Gasteiger partial charge in [-0.1, -0.05) is 19.9 Å². The van der Waals surface area contributed by atoms with E-state index in [1.807, 2.05) is 6.07 Å². The third-order valence-corrected chi connectivity index (χ3v) is 6.25. The fraction of sp³-hybridized carbons (Fsp3) is 0.350. The number of nitrogens with zero attached hydrogens (tertiary/aromatic N) is 1. The lowest BCUT2D eigenvalue weighted by Gasteiger charge is -2.39. The van der Waals surface area contributed by atoms with Crippen LogP contribution in [0.5, 0.6) is 5.75 Å². The van der Waals surface area contributed by atoms with E-state index in [9.17, 15) is 4.79 Å². The smallest absolute Gasteiger partial charge is 0.255 e. The van der Waals surface area contributed by atoms with E-state index in [0.29, 0.717) is 11.3 Å². The third-order valence-electron chi connectivity index (χ3n) is 4.73. The van der Waals surface area contributed by atoms with Crippen LogP contribution in [0.3, 0.4) is 0 Å². The van der Waals surface area contributed by atoms with E-state index in [2.05, 4.69) is 69.0 Å². The fourth-order valence-electron chi connectivity index (χ4n) is 3.59. The maximum atomic E-state index is 12.7. The summed E-state index contributed by atoms with van der Waals surface area (Å²) in [5.41, 5.74) is 3.99. The van der Waals surface area contributed by atoms with Crippen molar-refractivity contribution in [1.82, 2.24) is 4.90 Å². The first-order chi connectivity index (χ1) is 12.2. The molecule has 1 aliphatic rings. The first-order valence-electron chi connectivity index (χ1n) is 8.38. The Morgan fingerprint density at radius 3 is 2.62 bits per heavy atom. The van der Waals surface area contributed by atoms with Crippen molar-refractivity contribution in [1.29, 1.82) is 0 Å². The molecule has 1 heterocycles. The molecule has 0 saturated heterocycles. The Morgan fingerprint density at radius 1 is 1.23 bits per heavy atom. The zero-order chi connectivity index (χ0) is 19.1. The molecule has 0 unspecified atom stereocenters. The lowest BCUT2D eigenvalue weighted by molar-refractivity contribution is 0.102. The first kappa shape index (κ1) is 19.4. The summed E-state index contributed by atoms with van der Waals surface area (Å²) in [6.07, 6.45) is 0. The summed E-state index contributed by atoms with van der Waals surface area (Å²) in [6, 6.07) is 9.40. The summed E-state index contributed by atoms with van der Waals surface area (Å²) in [7, 11) is 3.72. The Balaban J connectivity index is 1.90. The molecule has 6 heteroatoms. The zero-order valence-electron chi connectivity index (χ0n) is 15.3. The van der Waals surface area contributed by atoms with Crippen LogP contribution in [0.4, 0.5) is 5.69 Å². The van der Waals surface area contributed by atoms with Crippen LogP contribution < -0.4 is 10.1 Å². The van der Waals surface area contributed by atoms with Gasteiger partial charge in [0.05, 0.1) is 17.3 Å². The molecule has 0 radical (unpaired) electrons. The number of anilines is 1. The Hall–Kier alpha value is -1.37. The van der Waals surface area contributed by atoms with Crippen molar-refractivity contribution >= 4 is 43.5 Å². The number of benzene rings is 2. The minimum absolute atomic E-state index is 0.0776. The van der Waals surface area contributed by atoms with Gasteiger partial charge in [-0.25, -0.2) is 0 Å². The van der Waals surface area contributed by atoms with Crippen LogP contribution in [-0.4, -0.2) is 31.5 Å². The number of ether oxygens (including phenoxy) is 1. The number of methoxy groups -OCH3 is 1. The van der Waals surface area contributed by atoms with Gasteiger partial charge < -0.3 is 15.0 Å². The molecule has 0 aromatic heterocycles. The molecule has 0 atom stereocenters. The van der Waals surface area contributed by atoms with Crippen LogP contribution in [-0.2, 0) is 12.0 Å². The average molecular weight is 482 g/mol. The van der Waals surface area contributed by atoms with E-state index in [1.54, 1.807) is 25.3 Å². The van der Waals surface area contributed by atoms with Crippen LogP contribution in [0.25, 0.3) is 0 Å². The minimum atomic E-state index is -0.155. The molecule has 0 fully saturated rings. The number of nitrogens with one attached hydrogen (secondary N) is 1. The standard InChI is InChI=1S/C20H22Br2N2O2/c1-20(2)11-24(3)10-13-14(20)6-7-16(18(13)22)23-19(25)12-5-8-17(26-4)15(21)9-12/h5-9H,10-11H2,1-4H3,(H,23,25). The zero-order valence-corrected chi connectivity index (χ0v) is 18.5. The van der Waals surface area contributed by atoms with Crippen LogP contribution >= 0.6 is 31.9 Å². The molecule has 2 aromatic carbocycles. The van der Waals surface area contributed by atoms with Gasteiger partial charge in [0.15, 0.2) is 0 Å². The predicted molar refractivity (Wildman–Crippen MR) is 112 cm³/mol. The number of rotatable bonds is 3. The molecule has 2 aromatic rings. The quantitative estimate of drug-likeness (QED) is 0.655. The van der Waals surface area contributed by atoms with Crippen molar-refractivity contribution in [3.63, 3.8) is 0 Å². The number of fused-ring (bicyclic) bond motifs is 1. The normalized spacial score (nSPS) is 16.1. The lowest BCUT2D eigenvalue weighted by Crippen LogP contribution is -2.40. The second-order valence-electron chi connectivity index (χ2n) is 7.31. The van der Waals surface area contributed by atoms with Crippen LogP contribution in [0, 0.1) is 0 Å². The van der Waals surface area contributed by atoms with Crippen LogP contribution in [0.2, 0.25) is 0 Å². The maximum Gasteiger partial charge on any atom is 0.255 e. The maximum absolute atomic E-state index is 12.7. The van der Waals surface area contributed by atoms with Gasteiger partial charge in [-0.3, -0.25) is 4.79 Å². The van der Waals surface area contributed by atoms with E-state index < -0.39 is 0 Å². The Morgan fingerprint density at radius 2 is 1.96 bits per heavy atom. The second kappa shape index (κ2) is 7.33. The summed E-state index contributed by atoms with van der Waals surface area (Å²) in [5.74, 6) is 0.541. The highest BCUT2D eigenvalue weighted by atomic mass is 79.9. The number of carbonyl (C=O) groups is 1. The molecule has 0 saturated carbocycles. The van der Waals surface area contributed by atoms with Gasteiger partial charge in [-0.15, -0.1) is 0 Å². The third kappa shape index (κ3) is 3.68. The molecule has 1 aliphatic heterocycles. The Labute approximate surface area is 171 Å². The van der Waals surface area contributed by atoms with E-state index in [-0.39, 0.29) is 11.3 Å². The minimum Gasteiger partial charge on any atom is -0.496 e. The van der Waals surface area contributed by atoms with Crippen molar-refractivity contribution in [2.24, 2.45) is 0 Å². The van der Waals surface area contributed by atoms with Crippen molar-refractivity contribution in [3.8, 4) is 5.75 Å². The van der Waals surface area contributed by atoms with Gasteiger partial charge in [-0.05, 0) is 74.3 Å². The lowest BCUT2D eigenvalue weighted by atomic mass is 9.78. The van der Waals surface area contributed by atoms with Crippen molar-refractivity contribution in [3.05, 3.63) is 56.0 Å². The Bertz CT molecular complexity index is 865. The number of hydrogen-bond donors (Lipinski definition) is 1. The van der Waals surface area contributed by atoms with Gasteiger partial charge in [0.25, 0.3) is 5.91 Å². The molecule has 4 nitrogen and oxygen atoms in total. The highest BCUT2D eigenvalue weighted by Crippen LogP contribution is 2.40. The summed E-state index contributed by atoms with van der Waals surface area (Å²) in [6.45, 7) is 6.37. The van der Waals surface area contributed by atoms with Crippen molar-refractivity contribution < 1.29 is 9.53 Å². The van der Waals surface area contributed by atoms with Crippen LogP contribution in [0.1, 0.15) is 35.3 Å².